The molecule has 2 N–H and O–H groups in total. The SMILES string of the molecule is CC1CCN(S(=O)(=O)Cc2ccc(N)cc2)CC1. The van der Waals surface area contributed by atoms with E-state index in [0.29, 0.717) is 24.7 Å². The Morgan fingerprint density at radius 1 is 1.22 bits per heavy atom. The van der Waals surface area contributed by atoms with E-state index in [-0.39, 0.29) is 5.75 Å². The lowest BCUT2D eigenvalue weighted by Crippen LogP contribution is -2.38. The number of benzene rings is 1. The Kier molecular flexibility index (Phi) is 3.92. The lowest BCUT2D eigenvalue weighted by molar-refractivity contribution is 0.287. The maximum atomic E-state index is 12.2. The highest BCUT2D eigenvalue weighted by molar-refractivity contribution is 7.88. The Labute approximate surface area is 109 Å². The Morgan fingerprint density at radius 3 is 2.33 bits per heavy atom. The highest BCUT2D eigenvalue weighted by atomic mass is 32.2. The largest absolute Gasteiger partial charge is 0.399 e. The van der Waals surface area contributed by atoms with Gasteiger partial charge < -0.3 is 5.73 Å². The van der Waals surface area contributed by atoms with Gasteiger partial charge in [-0.25, -0.2) is 12.7 Å². The summed E-state index contributed by atoms with van der Waals surface area (Å²) in [5.74, 6) is 0.703. The molecule has 0 unspecified atom stereocenters. The first-order chi connectivity index (χ1) is 8.47. The fourth-order valence-electron chi connectivity index (χ4n) is 2.18. The molecule has 0 atom stereocenters. The second kappa shape index (κ2) is 5.28. The zero-order valence-electron chi connectivity index (χ0n) is 10.7. The summed E-state index contributed by atoms with van der Waals surface area (Å²) >= 11 is 0. The van der Waals surface area contributed by atoms with Gasteiger partial charge in [0.15, 0.2) is 0 Å². The van der Waals surface area contributed by atoms with Gasteiger partial charge in [-0.05, 0) is 36.5 Å². The number of rotatable bonds is 3. The van der Waals surface area contributed by atoms with E-state index in [1.54, 1.807) is 28.6 Å². The summed E-state index contributed by atoms with van der Waals surface area (Å²) in [4.78, 5) is 0. The third kappa shape index (κ3) is 3.23. The molecular formula is C13H20N2O2S. The summed E-state index contributed by atoms with van der Waals surface area (Å²) < 4.78 is 26.1. The van der Waals surface area contributed by atoms with Gasteiger partial charge in [0.25, 0.3) is 0 Å². The third-order valence-corrected chi connectivity index (χ3v) is 5.31. The fraction of sp³-hybridized carbons (Fsp3) is 0.538. The summed E-state index contributed by atoms with van der Waals surface area (Å²) in [6.45, 7) is 3.47. The first kappa shape index (κ1) is 13.4. The van der Waals surface area contributed by atoms with Gasteiger partial charge in [0, 0.05) is 18.8 Å². The van der Waals surface area contributed by atoms with Crippen LogP contribution in [0.4, 0.5) is 5.69 Å². The predicted octanol–water partition coefficient (Wildman–Crippen LogP) is 1.83. The molecule has 0 radical (unpaired) electrons. The summed E-state index contributed by atoms with van der Waals surface area (Å²) in [5.41, 5.74) is 7.04. The first-order valence-corrected chi connectivity index (χ1v) is 7.90. The van der Waals surface area contributed by atoms with Gasteiger partial charge in [-0.3, -0.25) is 0 Å². The molecule has 0 bridgehead atoms. The molecule has 1 fully saturated rings. The standard InChI is InChI=1S/C13H20N2O2S/c1-11-6-8-15(9-7-11)18(16,17)10-12-2-4-13(14)5-3-12/h2-5,11H,6-10,14H2,1H3. The normalized spacial score (nSPS) is 18.9. The molecule has 1 aliphatic rings. The van der Waals surface area contributed by atoms with E-state index < -0.39 is 10.0 Å². The topological polar surface area (TPSA) is 63.4 Å². The van der Waals surface area contributed by atoms with Crippen molar-refractivity contribution in [2.75, 3.05) is 18.8 Å². The number of anilines is 1. The molecule has 0 amide bonds. The molecule has 4 nitrogen and oxygen atoms in total. The van der Waals surface area contributed by atoms with Crippen LogP contribution >= 0.6 is 0 Å². The minimum absolute atomic E-state index is 0.0711. The van der Waals surface area contributed by atoms with Crippen molar-refractivity contribution in [2.45, 2.75) is 25.5 Å². The predicted molar refractivity (Wildman–Crippen MR) is 73.4 cm³/mol. The molecule has 0 aliphatic carbocycles. The average Bonchev–Trinajstić information content (AvgIpc) is 2.32. The third-order valence-electron chi connectivity index (χ3n) is 3.46. The van der Waals surface area contributed by atoms with Crippen LogP contribution in [0, 0.1) is 5.92 Å². The summed E-state index contributed by atoms with van der Waals surface area (Å²) in [6, 6.07) is 7.03. The minimum atomic E-state index is -3.18. The molecule has 0 spiro atoms. The summed E-state index contributed by atoms with van der Waals surface area (Å²) in [5, 5.41) is 0. The number of sulfonamides is 1. The van der Waals surface area contributed by atoms with Crippen molar-refractivity contribution < 1.29 is 8.42 Å². The molecule has 1 heterocycles. The van der Waals surface area contributed by atoms with Crippen molar-refractivity contribution in [3.8, 4) is 0 Å². The van der Waals surface area contributed by atoms with Gasteiger partial charge in [0.2, 0.25) is 10.0 Å². The van der Waals surface area contributed by atoms with Crippen LogP contribution in [0.1, 0.15) is 25.3 Å². The molecule has 0 aromatic heterocycles. The highest BCUT2D eigenvalue weighted by Gasteiger charge is 2.26. The lowest BCUT2D eigenvalue weighted by Gasteiger charge is -2.29. The van der Waals surface area contributed by atoms with E-state index in [4.69, 9.17) is 5.73 Å². The van der Waals surface area contributed by atoms with Crippen molar-refractivity contribution in [2.24, 2.45) is 5.92 Å². The van der Waals surface area contributed by atoms with Gasteiger partial charge >= 0.3 is 0 Å². The van der Waals surface area contributed by atoms with E-state index in [1.807, 2.05) is 0 Å². The molecule has 0 saturated carbocycles. The Hall–Kier alpha value is -1.07. The van der Waals surface area contributed by atoms with E-state index in [1.165, 1.54) is 0 Å². The Balaban J connectivity index is 2.05. The van der Waals surface area contributed by atoms with E-state index >= 15 is 0 Å². The molecule has 1 aromatic rings. The Bertz CT molecular complexity index is 488. The molecular weight excluding hydrogens is 248 g/mol. The smallest absolute Gasteiger partial charge is 0.218 e. The van der Waals surface area contributed by atoms with Gasteiger partial charge in [0.05, 0.1) is 5.75 Å². The average molecular weight is 268 g/mol. The lowest BCUT2D eigenvalue weighted by atomic mass is 10.0. The van der Waals surface area contributed by atoms with Gasteiger partial charge in [-0.15, -0.1) is 0 Å². The first-order valence-electron chi connectivity index (χ1n) is 6.29. The molecule has 100 valence electrons. The monoisotopic (exact) mass is 268 g/mol. The minimum Gasteiger partial charge on any atom is -0.399 e. The van der Waals surface area contributed by atoms with Crippen molar-refractivity contribution in [3.63, 3.8) is 0 Å². The molecule has 1 aliphatic heterocycles. The van der Waals surface area contributed by atoms with Crippen LogP contribution in [0.2, 0.25) is 0 Å². The van der Waals surface area contributed by atoms with Crippen molar-refractivity contribution >= 4 is 15.7 Å². The summed E-state index contributed by atoms with van der Waals surface area (Å²) in [6.07, 6.45) is 1.92. The van der Waals surface area contributed by atoms with Crippen molar-refractivity contribution in [1.29, 1.82) is 0 Å². The molecule has 2 rings (SSSR count). The van der Waals surface area contributed by atoms with Crippen LogP contribution in [-0.4, -0.2) is 25.8 Å². The van der Waals surface area contributed by atoms with E-state index in [9.17, 15) is 8.42 Å². The van der Waals surface area contributed by atoms with Crippen LogP contribution < -0.4 is 5.73 Å². The Morgan fingerprint density at radius 2 is 1.78 bits per heavy atom. The van der Waals surface area contributed by atoms with E-state index in [2.05, 4.69) is 6.92 Å². The molecule has 18 heavy (non-hydrogen) atoms. The second-order valence-corrected chi connectivity index (χ2v) is 7.05. The number of nitrogens with two attached hydrogens (primary N) is 1. The molecule has 5 heteroatoms. The number of hydrogen-bond acceptors (Lipinski definition) is 3. The maximum absolute atomic E-state index is 12.2. The zero-order valence-corrected chi connectivity index (χ0v) is 11.5. The van der Waals surface area contributed by atoms with Crippen LogP contribution in [0.15, 0.2) is 24.3 Å². The van der Waals surface area contributed by atoms with Crippen molar-refractivity contribution in [3.05, 3.63) is 29.8 Å². The van der Waals surface area contributed by atoms with Gasteiger partial charge in [-0.2, -0.15) is 0 Å². The zero-order chi connectivity index (χ0) is 13.2. The number of nitrogen functional groups attached to an aromatic ring is 1. The second-order valence-electron chi connectivity index (χ2n) is 5.08. The van der Waals surface area contributed by atoms with Gasteiger partial charge in [0.1, 0.15) is 0 Å². The molecule has 1 aromatic carbocycles. The number of hydrogen-bond donors (Lipinski definition) is 1. The molecule has 1 saturated heterocycles. The van der Waals surface area contributed by atoms with E-state index in [0.717, 1.165) is 18.4 Å². The fourth-order valence-corrected chi connectivity index (χ4v) is 3.74. The van der Waals surface area contributed by atoms with Crippen LogP contribution in [-0.2, 0) is 15.8 Å². The quantitative estimate of drug-likeness (QED) is 0.851. The van der Waals surface area contributed by atoms with Crippen LogP contribution in [0.25, 0.3) is 0 Å². The van der Waals surface area contributed by atoms with Gasteiger partial charge in [-0.1, -0.05) is 19.1 Å². The maximum Gasteiger partial charge on any atom is 0.218 e. The number of piperidine rings is 1. The highest BCUT2D eigenvalue weighted by Crippen LogP contribution is 2.21. The number of nitrogens with zero attached hydrogens (tertiary/aromatic N) is 1. The van der Waals surface area contributed by atoms with Crippen molar-refractivity contribution in [1.82, 2.24) is 4.31 Å². The van der Waals surface area contributed by atoms with Crippen LogP contribution in [0.5, 0.6) is 0 Å². The van der Waals surface area contributed by atoms with Crippen LogP contribution in [0.3, 0.4) is 0 Å². The summed E-state index contributed by atoms with van der Waals surface area (Å²) in [7, 11) is -3.18.